The van der Waals surface area contributed by atoms with Gasteiger partial charge in [0.05, 0.1) is 33.9 Å². The number of aliphatic imine (C=N–C) groups is 2. The van der Waals surface area contributed by atoms with E-state index < -0.39 is 0 Å². The average Bonchev–Trinajstić information content (AvgIpc) is 2.87. The lowest BCUT2D eigenvalue weighted by Crippen LogP contribution is -2.17. The molecule has 0 heterocycles. The van der Waals surface area contributed by atoms with Crippen molar-refractivity contribution in [2.75, 3.05) is 0 Å². The predicted octanol–water partition coefficient (Wildman–Crippen LogP) is 6.37. The monoisotopic (exact) mass is 410 g/mol. The largest absolute Gasteiger partial charge is 0.245 e. The highest BCUT2D eigenvalue weighted by Crippen LogP contribution is 2.24. The van der Waals surface area contributed by atoms with Crippen LogP contribution in [0.25, 0.3) is 0 Å². The van der Waals surface area contributed by atoms with Gasteiger partial charge in [0.2, 0.25) is 0 Å². The Kier molecular flexibility index (Phi) is 6.27. The van der Waals surface area contributed by atoms with Crippen molar-refractivity contribution in [2.45, 2.75) is 0 Å². The Balaban J connectivity index is 2.03. The molecule has 0 fully saturated rings. The molecule has 0 aliphatic rings. The first kappa shape index (κ1) is 20.5. The summed E-state index contributed by atoms with van der Waals surface area (Å²) in [4.78, 5) is 9.82. The summed E-state index contributed by atoms with van der Waals surface area (Å²) in [6.07, 6.45) is 0. The van der Waals surface area contributed by atoms with Crippen LogP contribution in [0.1, 0.15) is 22.3 Å². The molecule has 0 saturated carbocycles. The van der Waals surface area contributed by atoms with E-state index in [1.807, 2.05) is 97.1 Å². The Morgan fingerprint density at radius 2 is 0.812 bits per heavy atom. The Morgan fingerprint density at radius 3 is 1.19 bits per heavy atom. The fourth-order valence-corrected chi connectivity index (χ4v) is 3.27. The van der Waals surface area contributed by atoms with Crippen molar-refractivity contribution in [2.24, 2.45) is 9.98 Å². The van der Waals surface area contributed by atoms with E-state index in [-0.39, 0.29) is 0 Å². The highest BCUT2D eigenvalue weighted by Gasteiger charge is 2.16. The Hall–Kier alpha value is -4.80. The second kappa shape index (κ2) is 9.80. The van der Waals surface area contributed by atoms with E-state index in [1.165, 1.54) is 0 Å². The molecule has 0 spiro atoms. The van der Waals surface area contributed by atoms with Crippen LogP contribution in [0.15, 0.2) is 119 Å². The molecule has 0 saturated heterocycles. The van der Waals surface area contributed by atoms with Crippen molar-refractivity contribution >= 4 is 22.8 Å². The summed E-state index contributed by atoms with van der Waals surface area (Å²) in [5, 5.41) is 19.2. The summed E-state index contributed by atoms with van der Waals surface area (Å²) in [5.74, 6) is 0. The first-order valence-corrected chi connectivity index (χ1v) is 10.1. The normalized spacial score (nSPS) is 11.4. The molecule has 4 rings (SSSR count). The second-order valence-electron chi connectivity index (χ2n) is 6.91. The Morgan fingerprint density at radius 1 is 0.469 bits per heavy atom. The highest BCUT2D eigenvalue weighted by atomic mass is 14.8. The summed E-state index contributed by atoms with van der Waals surface area (Å²) < 4.78 is 0. The van der Waals surface area contributed by atoms with E-state index in [0.29, 0.717) is 33.9 Å². The van der Waals surface area contributed by atoms with Crippen LogP contribution < -0.4 is 0 Å². The van der Waals surface area contributed by atoms with E-state index in [9.17, 15) is 10.5 Å². The van der Waals surface area contributed by atoms with Gasteiger partial charge in [-0.25, -0.2) is 9.98 Å². The molecule has 150 valence electrons. The molecule has 0 aliphatic heterocycles. The molecule has 0 amide bonds. The van der Waals surface area contributed by atoms with Crippen molar-refractivity contribution in [3.05, 3.63) is 131 Å². The van der Waals surface area contributed by atoms with Crippen LogP contribution >= 0.6 is 0 Å². The first-order valence-electron chi connectivity index (χ1n) is 10.1. The van der Waals surface area contributed by atoms with Crippen LogP contribution in [-0.4, -0.2) is 11.4 Å². The minimum absolute atomic E-state index is 0.478. The van der Waals surface area contributed by atoms with Gasteiger partial charge >= 0.3 is 0 Å². The number of benzene rings is 4. The fourth-order valence-electron chi connectivity index (χ4n) is 3.27. The van der Waals surface area contributed by atoms with Gasteiger partial charge in [-0.2, -0.15) is 10.5 Å². The predicted molar refractivity (Wildman–Crippen MR) is 128 cm³/mol. The molecule has 4 nitrogen and oxygen atoms in total. The molecule has 0 atom stereocenters. The fraction of sp³-hybridized carbons (Fsp3) is 0. The van der Waals surface area contributed by atoms with E-state index in [2.05, 4.69) is 12.1 Å². The Bertz CT molecular complexity index is 1260. The van der Waals surface area contributed by atoms with Gasteiger partial charge in [-0.1, -0.05) is 84.9 Å². The molecule has 0 radical (unpaired) electrons. The number of nitrogens with zero attached hydrogens (tertiary/aromatic N) is 4. The summed E-state index contributed by atoms with van der Waals surface area (Å²) in [7, 11) is 0. The number of hydrogen-bond acceptors (Lipinski definition) is 4. The molecule has 4 aromatic carbocycles. The van der Waals surface area contributed by atoms with Gasteiger partial charge in [-0.05, 0) is 24.3 Å². The second-order valence-corrected chi connectivity index (χ2v) is 6.91. The highest BCUT2D eigenvalue weighted by molar-refractivity contribution is 6.54. The molecule has 0 N–H and O–H groups in total. The number of para-hydroxylation sites is 2. The first-order chi connectivity index (χ1) is 15.8. The molecule has 32 heavy (non-hydrogen) atoms. The summed E-state index contributed by atoms with van der Waals surface area (Å²) in [6.45, 7) is 0. The topological polar surface area (TPSA) is 72.3 Å². The third kappa shape index (κ3) is 4.51. The SMILES string of the molecule is N#Cc1ccccc1N=C(C(=Nc1ccccc1C#N)c1ccccc1)c1ccccc1. The van der Waals surface area contributed by atoms with Crippen molar-refractivity contribution in [1.82, 2.24) is 0 Å². The quantitative estimate of drug-likeness (QED) is 0.359. The van der Waals surface area contributed by atoms with E-state index in [0.717, 1.165) is 11.1 Å². The van der Waals surface area contributed by atoms with E-state index in [1.54, 1.807) is 12.1 Å². The molecule has 4 heteroatoms. The molecule has 0 bridgehead atoms. The summed E-state index contributed by atoms with van der Waals surface area (Å²) in [6, 6.07) is 38.3. The maximum atomic E-state index is 9.58. The van der Waals surface area contributed by atoms with Gasteiger partial charge in [0.1, 0.15) is 12.1 Å². The standard InChI is InChI=1S/C28H18N4/c29-19-23-15-7-9-17-25(23)31-27(21-11-3-1-4-12-21)28(22-13-5-2-6-14-22)32-26-18-10-8-16-24(26)20-30/h1-18H. The van der Waals surface area contributed by atoms with Gasteiger partial charge in [-0.3, -0.25) is 0 Å². The average molecular weight is 410 g/mol. The number of hydrogen-bond donors (Lipinski definition) is 0. The zero-order valence-corrected chi connectivity index (χ0v) is 17.2. The van der Waals surface area contributed by atoms with Crippen molar-refractivity contribution in [3.8, 4) is 12.1 Å². The zero-order chi connectivity index (χ0) is 22.2. The molecule has 0 aliphatic carbocycles. The number of nitriles is 2. The van der Waals surface area contributed by atoms with Crippen LogP contribution in [0.4, 0.5) is 11.4 Å². The van der Waals surface area contributed by atoms with Crippen LogP contribution in [-0.2, 0) is 0 Å². The van der Waals surface area contributed by atoms with Crippen molar-refractivity contribution in [3.63, 3.8) is 0 Å². The van der Waals surface area contributed by atoms with Gasteiger partial charge in [0, 0.05) is 11.1 Å². The van der Waals surface area contributed by atoms with Crippen LogP contribution in [0.3, 0.4) is 0 Å². The summed E-state index contributed by atoms with van der Waals surface area (Å²) in [5.41, 5.74) is 5.03. The molecule has 4 aromatic rings. The third-order valence-electron chi connectivity index (χ3n) is 4.83. The lowest BCUT2D eigenvalue weighted by molar-refractivity contribution is 1.42. The third-order valence-corrected chi connectivity index (χ3v) is 4.83. The van der Waals surface area contributed by atoms with Gasteiger partial charge in [0.25, 0.3) is 0 Å². The molecule has 0 unspecified atom stereocenters. The zero-order valence-electron chi connectivity index (χ0n) is 17.2. The van der Waals surface area contributed by atoms with E-state index in [4.69, 9.17) is 9.98 Å². The summed E-state index contributed by atoms with van der Waals surface area (Å²) >= 11 is 0. The van der Waals surface area contributed by atoms with Crippen molar-refractivity contribution in [1.29, 1.82) is 10.5 Å². The minimum Gasteiger partial charge on any atom is -0.245 e. The van der Waals surface area contributed by atoms with Crippen LogP contribution in [0.2, 0.25) is 0 Å². The molecular weight excluding hydrogens is 392 g/mol. The smallest absolute Gasteiger partial charge is 0.101 e. The lowest BCUT2D eigenvalue weighted by Gasteiger charge is -2.13. The maximum Gasteiger partial charge on any atom is 0.101 e. The molecule has 0 aromatic heterocycles. The van der Waals surface area contributed by atoms with Crippen molar-refractivity contribution < 1.29 is 0 Å². The lowest BCUT2D eigenvalue weighted by atomic mass is 9.98. The maximum absolute atomic E-state index is 9.58. The van der Waals surface area contributed by atoms with Crippen LogP contribution in [0.5, 0.6) is 0 Å². The number of rotatable bonds is 5. The van der Waals surface area contributed by atoms with Gasteiger partial charge < -0.3 is 0 Å². The van der Waals surface area contributed by atoms with E-state index >= 15 is 0 Å². The molecular formula is C28H18N4. The van der Waals surface area contributed by atoms with Crippen LogP contribution in [0, 0.1) is 22.7 Å². The minimum atomic E-state index is 0.478. The van der Waals surface area contributed by atoms with Gasteiger partial charge in [-0.15, -0.1) is 0 Å². The van der Waals surface area contributed by atoms with Gasteiger partial charge in [0.15, 0.2) is 0 Å². The Labute approximate surface area is 187 Å².